The summed E-state index contributed by atoms with van der Waals surface area (Å²) in [5, 5.41) is 3.22. The van der Waals surface area contributed by atoms with Crippen molar-refractivity contribution in [3.8, 4) is 11.5 Å². The molecule has 0 aromatic heterocycles. The van der Waals surface area contributed by atoms with Crippen LogP contribution in [0.3, 0.4) is 0 Å². The summed E-state index contributed by atoms with van der Waals surface area (Å²) >= 11 is 5.96. The van der Waals surface area contributed by atoms with E-state index in [-0.39, 0.29) is 6.61 Å². The number of methoxy groups -OCH3 is 1. The number of carbonyl (C=O) groups is 2. The Morgan fingerprint density at radius 2 is 1.73 bits per heavy atom. The van der Waals surface area contributed by atoms with E-state index in [1.165, 1.54) is 7.11 Å². The van der Waals surface area contributed by atoms with Gasteiger partial charge in [-0.05, 0) is 49.2 Å². The maximum absolute atomic E-state index is 11.9. The average molecular weight is 378 g/mol. The predicted molar refractivity (Wildman–Crippen MR) is 99.0 cm³/mol. The van der Waals surface area contributed by atoms with Crippen LogP contribution < -0.4 is 14.8 Å². The quantitative estimate of drug-likeness (QED) is 0.747. The number of anilines is 1. The zero-order valence-corrected chi connectivity index (χ0v) is 15.6. The number of rotatable bonds is 7. The largest absolute Gasteiger partial charge is 0.495 e. The first-order chi connectivity index (χ1) is 12.4. The molecule has 7 heteroatoms. The molecule has 0 saturated heterocycles. The van der Waals surface area contributed by atoms with Gasteiger partial charge in [0.2, 0.25) is 0 Å². The number of esters is 1. The van der Waals surface area contributed by atoms with Crippen LogP contribution in [0.15, 0.2) is 36.4 Å². The second kappa shape index (κ2) is 9.10. The minimum atomic E-state index is -0.645. The summed E-state index contributed by atoms with van der Waals surface area (Å²) in [6, 6.07) is 10.4. The van der Waals surface area contributed by atoms with Gasteiger partial charge in [-0.25, -0.2) is 4.79 Å². The number of para-hydroxylation sites is 2. The van der Waals surface area contributed by atoms with E-state index in [4.69, 9.17) is 25.8 Å². The highest BCUT2D eigenvalue weighted by atomic mass is 35.5. The van der Waals surface area contributed by atoms with Crippen molar-refractivity contribution in [3.63, 3.8) is 0 Å². The molecule has 0 aliphatic rings. The van der Waals surface area contributed by atoms with Gasteiger partial charge in [-0.1, -0.05) is 23.7 Å². The highest BCUT2D eigenvalue weighted by Gasteiger charge is 2.12. The maximum Gasteiger partial charge on any atom is 0.344 e. The number of benzene rings is 2. The summed E-state index contributed by atoms with van der Waals surface area (Å²) in [5.41, 5.74) is 2.13. The third kappa shape index (κ3) is 5.39. The van der Waals surface area contributed by atoms with Crippen molar-refractivity contribution in [3.05, 3.63) is 52.5 Å². The molecular weight excluding hydrogens is 358 g/mol. The van der Waals surface area contributed by atoms with E-state index in [0.29, 0.717) is 22.2 Å². The van der Waals surface area contributed by atoms with Gasteiger partial charge in [-0.15, -0.1) is 0 Å². The molecule has 0 radical (unpaired) electrons. The van der Waals surface area contributed by atoms with Crippen LogP contribution in [-0.4, -0.2) is 32.2 Å². The topological polar surface area (TPSA) is 73.9 Å². The number of aryl methyl sites for hydroxylation is 2. The molecule has 2 aromatic rings. The summed E-state index contributed by atoms with van der Waals surface area (Å²) in [6.45, 7) is 2.95. The van der Waals surface area contributed by atoms with E-state index in [0.717, 1.165) is 11.1 Å². The zero-order chi connectivity index (χ0) is 19.1. The van der Waals surface area contributed by atoms with Crippen molar-refractivity contribution in [1.82, 2.24) is 0 Å². The van der Waals surface area contributed by atoms with Crippen molar-refractivity contribution >= 4 is 29.2 Å². The van der Waals surface area contributed by atoms with Gasteiger partial charge >= 0.3 is 5.97 Å². The Bertz CT molecular complexity index is 783. The summed E-state index contributed by atoms with van der Waals surface area (Å²) in [4.78, 5) is 23.7. The first-order valence-corrected chi connectivity index (χ1v) is 8.26. The molecule has 2 rings (SSSR count). The van der Waals surface area contributed by atoms with Gasteiger partial charge < -0.3 is 19.5 Å². The first kappa shape index (κ1) is 19.6. The van der Waals surface area contributed by atoms with Crippen molar-refractivity contribution in [2.24, 2.45) is 0 Å². The molecule has 6 nitrogen and oxygen atoms in total. The van der Waals surface area contributed by atoms with E-state index >= 15 is 0 Å². The SMILES string of the molecule is COc1ccccc1NC(=O)COC(=O)COc1c(C)cc(Cl)cc1C. The normalized spacial score (nSPS) is 10.2. The van der Waals surface area contributed by atoms with Gasteiger partial charge in [0.15, 0.2) is 13.2 Å². The number of carbonyl (C=O) groups excluding carboxylic acids is 2. The summed E-state index contributed by atoms with van der Waals surface area (Å²) in [5.74, 6) is -0.0235. The van der Waals surface area contributed by atoms with Crippen molar-refractivity contribution in [2.45, 2.75) is 13.8 Å². The predicted octanol–water partition coefficient (Wildman–Crippen LogP) is 3.53. The average Bonchev–Trinajstić information content (AvgIpc) is 2.59. The third-order valence-corrected chi connectivity index (χ3v) is 3.72. The van der Waals surface area contributed by atoms with Crippen molar-refractivity contribution in [1.29, 1.82) is 0 Å². The van der Waals surface area contributed by atoms with Gasteiger partial charge in [0.1, 0.15) is 11.5 Å². The molecule has 0 bridgehead atoms. The molecular formula is C19H20ClNO5. The lowest BCUT2D eigenvalue weighted by Gasteiger charge is -2.13. The zero-order valence-electron chi connectivity index (χ0n) is 14.8. The monoisotopic (exact) mass is 377 g/mol. The van der Waals surface area contributed by atoms with Crippen LogP contribution in [0.1, 0.15) is 11.1 Å². The van der Waals surface area contributed by atoms with E-state index < -0.39 is 18.5 Å². The van der Waals surface area contributed by atoms with E-state index in [1.807, 2.05) is 13.8 Å². The van der Waals surface area contributed by atoms with Crippen molar-refractivity contribution < 1.29 is 23.8 Å². The molecule has 2 aromatic carbocycles. The Hall–Kier alpha value is -2.73. The number of nitrogens with one attached hydrogen (secondary N) is 1. The minimum Gasteiger partial charge on any atom is -0.495 e. The summed E-state index contributed by atoms with van der Waals surface area (Å²) in [6.07, 6.45) is 0. The van der Waals surface area contributed by atoms with Gasteiger partial charge in [-0.3, -0.25) is 4.79 Å². The minimum absolute atomic E-state index is 0.300. The number of hydrogen-bond acceptors (Lipinski definition) is 5. The Balaban J connectivity index is 1.82. The van der Waals surface area contributed by atoms with Gasteiger partial charge in [0, 0.05) is 5.02 Å². The molecule has 0 heterocycles. The van der Waals surface area contributed by atoms with Crippen LogP contribution >= 0.6 is 11.6 Å². The second-order valence-electron chi connectivity index (χ2n) is 5.57. The van der Waals surface area contributed by atoms with Crippen LogP contribution in [0.5, 0.6) is 11.5 Å². The molecule has 0 atom stereocenters. The number of ether oxygens (including phenoxy) is 3. The molecule has 26 heavy (non-hydrogen) atoms. The van der Waals surface area contributed by atoms with E-state index in [2.05, 4.69) is 5.32 Å². The fraction of sp³-hybridized carbons (Fsp3) is 0.263. The molecule has 0 spiro atoms. The van der Waals surface area contributed by atoms with Crippen LogP contribution in [0.25, 0.3) is 0 Å². The van der Waals surface area contributed by atoms with E-state index in [9.17, 15) is 9.59 Å². The number of halogens is 1. The van der Waals surface area contributed by atoms with Crippen LogP contribution in [0, 0.1) is 13.8 Å². The highest BCUT2D eigenvalue weighted by Crippen LogP contribution is 2.27. The van der Waals surface area contributed by atoms with E-state index in [1.54, 1.807) is 36.4 Å². The molecule has 0 aliphatic carbocycles. The Kier molecular flexibility index (Phi) is 6.86. The summed E-state index contributed by atoms with van der Waals surface area (Å²) < 4.78 is 15.6. The second-order valence-corrected chi connectivity index (χ2v) is 6.00. The molecule has 0 unspecified atom stereocenters. The van der Waals surface area contributed by atoms with Crippen LogP contribution in [-0.2, 0) is 14.3 Å². The Morgan fingerprint density at radius 1 is 1.08 bits per heavy atom. The van der Waals surface area contributed by atoms with Gasteiger partial charge in [0.25, 0.3) is 5.91 Å². The molecule has 1 amide bonds. The lowest BCUT2D eigenvalue weighted by atomic mass is 10.1. The van der Waals surface area contributed by atoms with Crippen LogP contribution in [0.4, 0.5) is 5.69 Å². The molecule has 138 valence electrons. The smallest absolute Gasteiger partial charge is 0.344 e. The standard InChI is InChI=1S/C19H20ClNO5/c1-12-8-14(20)9-13(2)19(12)26-11-18(23)25-10-17(22)21-15-6-4-5-7-16(15)24-3/h4-9H,10-11H2,1-3H3,(H,21,22). The van der Waals surface area contributed by atoms with Gasteiger partial charge in [0.05, 0.1) is 12.8 Å². The molecule has 1 N–H and O–H groups in total. The molecule has 0 fully saturated rings. The van der Waals surface area contributed by atoms with Gasteiger partial charge in [-0.2, -0.15) is 0 Å². The first-order valence-electron chi connectivity index (χ1n) is 7.88. The maximum atomic E-state index is 11.9. The molecule has 0 aliphatic heterocycles. The fourth-order valence-electron chi connectivity index (χ4n) is 2.38. The number of hydrogen-bond donors (Lipinski definition) is 1. The van der Waals surface area contributed by atoms with Crippen molar-refractivity contribution in [2.75, 3.05) is 25.6 Å². The van der Waals surface area contributed by atoms with Crippen LogP contribution in [0.2, 0.25) is 5.02 Å². The fourth-order valence-corrected chi connectivity index (χ4v) is 2.71. The molecule has 0 saturated carbocycles. The lowest BCUT2D eigenvalue weighted by Crippen LogP contribution is -2.24. The summed E-state index contributed by atoms with van der Waals surface area (Å²) in [7, 11) is 1.50. The highest BCUT2D eigenvalue weighted by molar-refractivity contribution is 6.30. The lowest BCUT2D eigenvalue weighted by molar-refractivity contribution is -0.149. The number of amides is 1. The third-order valence-electron chi connectivity index (χ3n) is 3.50. The Labute approximate surface area is 157 Å². The Morgan fingerprint density at radius 3 is 2.38 bits per heavy atom.